The number of hydrogen-bond acceptors (Lipinski definition) is 7. The monoisotopic (exact) mass is 282 g/mol. The first-order valence-electron chi connectivity index (χ1n) is 5.39. The minimum Gasteiger partial charge on any atom is -0.389 e. The highest BCUT2D eigenvalue weighted by Crippen LogP contribution is 2.34. The van der Waals surface area contributed by atoms with E-state index in [-0.39, 0.29) is 0 Å². The first-order valence-corrected chi connectivity index (χ1v) is 7.03. The lowest BCUT2D eigenvalue weighted by Gasteiger charge is -2.08. The van der Waals surface area contributed by atoms with Gasteiger partial charge in [0.25, 0.3) is 0 Å². The van der Waals surface area contributed by atoms with Gasteiger partial charge in [-0.15, -0.1) is 10.2 Å². The van der Waals surface area contributed by atoms with Crippen LogP contribution in [0.25, 0.3) is 0 Å². The number of rotatable bonds is 4. The lowest BCUT2D eigenvalue weighted by atomic mass is 10.2. The van der Waals surface area contributed by atoms with E-state index in [0.717, 1.165) is 20.1 Å². The highest BCUT2D eigenvalue weighted by atomic mass is 32.2. The van der Waals surface area contributed by atoms with Gasteiger partial charge in [0.1, 0.15) is 5.03 Å². The van der Waals surface area contributed by atoms with Crippen molar-refractivity contribution in [3.8, 4) is 0 Å². The molecule has 1 atom stereocenters. The van der Waals surface area contributed by atoms with Crippen molar-refractivity contribution in [3.63, 3.8) is 0 Å². The number of nitrogens with zero attached hydrogens (tertiary/aromatic N) is 4. The molecule has 0 aliphatic rings. The third kappa shape index (κ3) is 2.98. The third-order valence-corrected chi connectivity index (χ3v) is 4.39. The van der Waals surface area contributed by atoms with Crippen LogP contribution in [0, 0.1) is 0 Å². The molecular weight excluding hydrogens is 268 g/mol. The maximum atomic E-state index is 9.68. The first-order chi connectivity index (χ1) is 8.58. The van der Waals surface area contributed by atoms with Gasteiger partial charge in [-0.3, -0.25) is 0 Å². The molecule has 0 amide bonds. The summed E-state index contributed by atoms with van der Waals surface area (Å²) in [7, 11) is 3.86. The van der Waals surface area contributed by atoms with E-state index < -0.39 is 6.10 Å². The lowest BCUT2D eigenvalue weighted by Crippen LogP contribution is -2.07. The van der Waals surface area contributed by atoms with Crippen LogP contribution in [0.5, 0.6) is 0 Å². The summed E-state index contributed by atoms with van der Waals surface area (Å²) in [6.07, 6.45) is 1.17. The van der Waals surface area contributed by atoms with Gasteiger partial charge < -0.3 is 10.0 Å². The van der Waals surface area contributed by atoms with Crippen molar-refractivity contribution in [2.24, 2.45) is 0 Å². The summed E-state index contributed by atoms with van der Waals surface area (Å²) >= 11 is 2.93. The number of hydrogen-bond donors (Lipinski definition) is 1. The number of aliphatic hydroxyl groups is 1. The van der Waals surface area contributed by atoms with Crippen LogP contribution in [0.1, 0.15) is 18.6 Å². The summed E-state index contributed by atoms with van der Waals surface area (Å²) in [6, 6.07) is 3.69. The number of pyridine rings is 1. The van der Waals surface area contributed by atoms with E-state index in [2.05, 4.69) is 15.2 Å². The highest BCUT2D eigenvalue weighted by Gasteiger charge is 2.13. The Morgan fingerprint density at radius 3 is 2.78 bits per heavy atom. The second-order valence-corrected chi connectivity index (χ2v) is 6.11. The van der Waals surface area contributed by atoms with Crippen molar-refractivity contribution < 1.29 is 5.11 Å². The molecule has 0 saturated carbocycles. The van der Waals surface area contributed by atoms with Crippen LogP contribution in [0.3, 0.4) is 0 Å². The quantitative estimate of drug-likeness (QED) is 0.927. The van der Waals surface area contributed by atoms with Gasteiger partial charge in [0.2, 0.25) is 5.13 Å². The minimum absolute atomic E-state index is 0.539. The van der Waals surface area contributed by atoms with E-state index >= 15 is 0 Å². The summed E-state index contributed by atoms with van der Waals surface area (Å²) in [4.78, 5) is 6.19. The predicted molar refractivity (Wildman–Crippen MR) is 73.2 cm³/mol. The minimum atomic E-state index is -0.539. The van der Waals surface area contributed by atoms with Crippen LogP contribution in [-0.4, -0.2) is 34.4 Å². The van der Waals surface area contributed by atoms with Crippen molar-refractivity contribution in [2.75, 3.05) is 19.0 Å². The largest absolute Gasteiger partial charge is 0.389 e. The second-order valence-electron chi connectivity index (χ2n) is 3.92. The zero-order valence-corrected chi connectivity index (χ0v) is 12.0. The van der Waals surface area contributed by atoms with Crippen molar-refractivity contribution in [1.82, 2.24) is 15.2 Å². The Labute approximate surface area is 114 Å². The van der Waals surface area contributed by atoms with Crippen molar-refractivity contribution in [3.05, 3.63) is 23.9 Å². The van der Waals surface area contributed by atoms with Crippen molar-refractivity contribution in [1.29, 1.82) is 0 Å². The topological polar surface area (TPSA) is 62.1 Å². The van der Waals surface area contributed by atoms with Crippen LogP contribution < -0.4 is 4.90 Å². The molecule has 0 radical (unpaired) electrons. The zero-order valence-electron chi connectivity index (χ0n) is 10.4. The molecular formula is C11H14N4OS2. The standard InChI is InChI=1S/C11H14N4OS2/c1-7(16)8-5-4-6-12-9(8)17-11-14-13-10(18-11)15(2)3/h4-7,16H,1-3H3/t7-/m1/s1. The van der Waals surface area contributed by atoms with Gasteiger partial charge in [0, 0.05) is 25.9 Å². The Kier molecular flexibility index (Phi) is 4.15. The highest BCUT2D eigenvalue weighted by molar-refractivity contribution is 8.01. The molecule has 0 unspecified atom stereocenters. The SMILES string of the molecule is C[C@@H](O)c1cccnc1Sc1nnc(N(C)C)s1. The summed E-state index contributed by atoms with van der Waals surface area (Å²) in [6.45, 7) is 1.73. The molecule has 18 heavy (non-hydrogen) atoms. The fourth-order valence-corrected chi connectivity index (χ4v) is 3.16. The van der Waals surface area contributed by atoms with E-state index in [1.165, 1.54) is 23.1 Å². The molecule has 2 heterocycles. The smallest absolute Gasteiger partial charge is 0.208 e. The maximum absolute atomic E-state index is 9.68. The van der Waals surface area contributed by atoms with Gasteiger partial charge in [0.15, 0.2) is 4.34 Å². The van der Waals surface area contributed by atoms with Gasteiger partial charge in [-0.25, -0.2) is 4.98 Å². The maximum Gasteiger partial charge on any atom is 0.208 e. The molecule has 0 aliphatic carbocycles. The molecule has 2 aromatic heterocycles. The van der Waals surface area contributed by atoms with Crippen LogP contribution in [0.4, 0.5) is 5.13 Å². The summed E-state index contributed by atoms with van der Waals surface area (Å²) in [5, 5.41) is 19.5. The number of anilines is 1. The van der Waals surface area contributed by atoms with Crippen LogP contribution in [0.2, 0.25) is 0 Å². The fraction of sp³-hybridized carbons (Fsp3) is 0.364. The van der Waals surface area contributed by atoms with Crippen LogP contribution >= 0.6 is 23.1 Å². The molecule has 0 aliphatic heterocycles. The molecule has 0 saturated heterocycles. The average Bonchev–Trinajstić information content (AvgIpc) is 2.78. The molecule has 0 fully saturated rings. The van der Waals surface area contributed by atoms with E-state index in [0.29, 0.717) is 0 Å². The third-order valence-electron chi connectivity index (χ3n) is 2.21. The van der Waals surface area contributed by atoms with E-state index in [1.54, 1.807) is 13.1 Å². The Balaban J connectivity index is 2.23. The molecule has 0 spiro atoms. The lowest BCUT2D eigenvalue weighted by molar-refractivity contribution is 0.195. The number of aromatic nitrogens is 3. The van der Waals surface area contributed by atoms with Crippen molar-refractivity contribution >= 4 is 28.2 Å². The molecule has 7 heteroatoms. The Morgan fingerprint density at radius 1 is 1.39 bits per heavy atom. The zero-order chi connectivity index (χ0) is 13.1. The molecule has 2 aromatic rings. The predicted octanol–water partition coefficient (Wildman–Crippen LogP) is 2.20. The van der Waals surface area contributed by atoms with Crippen molar-refractivity contribution in [2.45, 2.75) is 22.4 Å². The molecule has 0 bridgehead atoms. The average molecular weight is 282 g/mol. The Morgan fingerprint density at radius 2 is 2.17 bits per heavy atom. The van der Waals surface area contributed by atoms with Gasteiger partial charge in [-0.05, 0) is 24.8 Å². The summed E-state index contributed by atoms with van der Waals surface area (Å²) < 4.78 is 0.819. The Bertz CT molecular complexity index is 527. The van der Waals surface area contributed by atoms with E-state index in [9.17, 15) is 5.11 Å². The van der Waals surface area contributed by atoms with Gasteiger partial charge >= 0.3 is 0 Å². The van der Waals surface area contributed by atoms with Gasteiger partial charge in [-0.1, -0.05) is 17.4 Å². The molecule has 96 valence electrons. The first kappa shape index (κ1) is 13.3. The van der Waals surface area contributed by atoms with E-state index in [4.69, 9.17) is 0 Å². The molecule has 0 aromatic carbocycles. The van der Waals surface area contributed by atoms with Crippen LogP contribution in [0.15, 0.2) is 27.7 Å². The number of aliphatic hydroxyl groups excluding tert-OH is 1. The van der Waals surface area contributed by atoms with E-state index in [1.807, 2.05) is 31.1 Å². The van der Waals surface area contributed by atoms with Crippen LogP contribution in [-0.2, 0) is 0 Å². The van der Waals surface area contributed by atoms with Gasteiger partial charge in [-0.2, -0.15) is 0 Å². The summed E-state index contributed by atoms with van der Waals surface area (Å²) in [5.41, 5.74) is 0.809. The van der Waals surface area contributed by atoms with Gasteiger partial charge in [0.05, 0.1) is 6.10 Å². The molecule has 5 nitrogen and oxygen atoms in total. The summed E-state index contributed by atoms with van der Waals surface area (Å²) in [5.74, 6) is 0. The molecule has 1 N–H and O–H groups in total. The second kappa shape index (κ2) is 5.64. The molecule has 2 rings (SSSR count). The fourth-order valence-electron chi connectivity index (χ4n) is 1.31. The Hall–Kier alpha value is -1.18. The normalized spacial score (nSPS) is 12.4.